The highest BCUT2D eigenvalue weighted by molar-refractivity contribution is 7.89. The van der Waals surface area contributed by atoms with Crippen LogP contribution in [0.15, 0.2) is 59.8 Å². The van der Waals surface area contributed by atoms with E-state index in [1.54, 1.807) is 36.4 Å². The average molecular weight is 442 g/mol. The minimum absolute atomic E-state index is 0.0448. The number of nitrogens with one attached hydrogen (secondary N) is 1. The third-order valence-corrected chi connectivity index (χ3v) is 7.15. The lowest BCUT2D eigenvalue weighted by Gasteiger charge is -2.35. The number of nitrogen functional groups attached to an aromatic ring is 1. The average Bonchev–Trinajstić information content (AvgIpc) is 2.74. The van der Waals surface area contributed by atoms with E-state index < -0.39 is 15.8 Å². The van der Waals surface area contributed by atoms with Crippen molar-refractivity contribution in [2.24, 2.45) is 0 Å². The second-order valence-electron chi connectivity index (χ2n) is 7.81. The highest BCUT2D eigenvalue weighted by atomic mass is 32.2. The van der Waals surface area contributed by atoms with E-state index in [1.165, 1.54) is 22.8 Å². The van der Waals surface area contributed by atoms with Gasteiger partial charge in [-0.2, -0.15) is 4.31 Å². The van der Waals surface area contributed by atoms with Crippen LogP contribution in [0, 0.1) is 5.82 Å². The summed E-state index contributed by atoms with van der Waals surface area (Å²) in [6, 6.07) is 11.4. The summed E-state index contributed by atoms with van der Waals surface area (Å²) in [6.45, 7) is 4.67. The van der Waals surface area contributed by atoms with E-state index >= 15 is 0 Å². The number of halogens is 1. The Balaban J connectivity index is 1.73. The summed E-state index contributed by atoms with van der Waals surface area (Å²) in [5.41, 5.74) is 7.09. The van der Waals surface area contributed by atoms with Gasteiger partial charge in [-0.3, -0.25) is 4.98 Å². The third kappa shape index (κ3) is 4.30. The molecule has 0 aliphatic carbocycles. The van der Waals surface area contributed by atoms with Crippen LogP contribution in [0.25, 0.3) is 22.4 Å². The molecule has 0 radical (unpaired) electrons. The molecule has 2 heterocycles. The van der Waals surface area contributed by atoms with Gasteiger partial charge in [-0.15, -0.1) is 0 Å². The molecule has 31 heavy (non-hydrogen) atoms. The Hall–Kier alpha value is -2.88. The number of hydrogen-bond acceptors (Lipinski definition) is 6. The lowest BCUT2D eigenvalue weighted by molar-refractivity contribution is 0.263. The minimum Gasteiger partial charge on any atom is -0.382 e. The highest BCUT2D eigenvalue weighted by Gasteiger charge is 2.32. The second kappa shape index (κ2) is 8.33. The Morgan fingerprint density at radius 3 is 2.39 bits per heavy atom. The molecule has 2 aromatic carbocycles. The fraction of sp³-hybridized carbons (Fsp3) is 0.273. The van der Waals surface area contributed by atoms with Crippen LogP contribution in [-0.2, 0) is 10.0 Å². The molecule has 1 aliphatic rings. The molecule has 2 atom stereocenters. The first kappa shape index (κ1) is 21.4. The van der Waals surface area contributed by atoms with E-state index in [-0.39, 0.29) is 28.4 Å². The van der Waals surface area contributed by atoms with Crippen LogP contribution in [-0.4, -0.2) is 47.9 Å². The standard InChI is InChI=1S/C22H24FN5O2S/c1-14-12-28(13-15(2)27-14)31(29,30)21-6-4-3-5-17(21)16-7-8-18(19(23)9-16)20-10-26-22(24)11-25-20/h3-11,14-15,27H,12-13H2,1-2H3,(H2,24,26). The van der Waals surface area contributed by atoms with Crippen molar-refractivity contribution in [2.45, 2.75) is 30.8 Å². The van der Waals surface area contributed by atoms with Gasteiger partial charge in [-0.1, -0.05) is 24.3 Å². The maximum atomic E-state index is 14.9. The van der Waals surface area contributed by atoms with Crippen LogP contribution in [0.4, 0.5) is 10.2 Å². The molecule has 0 spiro atoms. The van der Waals surface area contributed by atoms with Gasteiger partial charge < -0.3 is 11.1 Å². The molecular weight excluding hydrogens is 417 g/mol. The Kier molecular flexibility index (Phi) is 5.74. The van der Waals surface area contributed by atoms with Gasteiger partial charge in [-0.05, 0) is 37.6 Å². The van der Waals surface area contributed by atoms with Gasteiger partial charge in [0.1, 0.15) is 11.6 Å². The number of aromatic nitrogens is 2. The van der Waals surface area contributed by atoms with E-state index in [4.69, 9.17) is 5.73 Å². The van der Waals surface area contributed by atoms with Gasteiger partial charge in [0.15, 0.2) is 0 Å². The molecular formula is C22H24FN5O2S. The summed E-state index contributed by atoms with van der Waals surface area (Å²) in [5.74, 6) is -0.273. The molecule has 1 saturated heterocycles. The summed E-state index contributed by atoms with van der Waals surface area (Å²) in [7, 11) is -3.75. The zero-order valence-corrected chi connectivity index (χ0v) is 18.1. The molecule has 3 aromatic rings. The molecule has 162 valence electrons. The summed E-state index contributed by atoms with van der Waals surface area (Å²) in [4.78, 5) is 8.22. The van der Waals surface area contributed by atoms with Gasteiger partial charge in [0, 0.05) is 36.3 Å². The van der Waals surface area contributed by atoms with Gasteiger partial charge in [0.05, 0.1) is 23.0 Å². The lowest BCUT2D eigenvalue weighted by atomic mass is 10.0. The predicted molar refractivity (Wildman–Crippen MR) is 118 cm³/mol. The fourth-order valence-corrected chi connectivity index (χ4v) is 5.74. The number of rotatable bonds is 4. The summed E-state index contributed by atoms with van der Waals surface area (Å²) in [5, 5.41) is 3.34. The Morgan fingerprint density at radius 1 is 1.03 bits per heavy atom. The van der Waals surface area contributed by atoms with Gasteiger partial charge in [0.2, 0.25) is 10.0 Å². The largest absolute Gasteiger partial charge is 0.382 e. The number of nitrogens with two attached hydrogens (primary N) is 1. The van der Waals surface area contributed by atoms with Crippen LogP contribution in [0.2, 0.25) is 0 Å². The maximum absolute atomic E-state index is 14.9. The van der Waals surface area contributed by atoms with E-state index in [9.17, 15) is 12.8 Å². The Bertz CT molecular complexity index is 1190. The molecule has 7 nitrogen and oxygen atoms in total. The van der Waals surface area contributed by atoms with Crippen molar-refractivity contribution in [3.8, 4) is 22.4 Å². The quantitative estimate of drug-likeness (QED) is 0.646. The van der Waals surface area contributed by atoms with Crippen molar-refractivity contribution in [3.63, 3.8) is 0 Å². The Labute approximate surface area is 181 Å². The molecule has 0 bridgehead atoms. The summed E-state index contributed by atoms with van der Waals surface area (Å²) < 4.78 is 43.3. The smallest absolute Gasteiger partial charge is 0.243 e. The first-order chi connectivity index (χ1) is 14.8. The SMILES string of the molecule is CC1CN(S(=O)(=O)c2ccccc2-c2ccc(-c3cnc(N)cn3)c(F)c2)CC(C)N1. The van der Waals surface area contributed by atoms with Crippen molar-refractivity contribution < 1.29 is 12.8 Å². The number of benzene rings is 2. The van der Waals surface area contributed by atoms with Crippen molar-refractivity contribution >= 4 is 15.8 Å². The normalized spacial score (nSPS) is 20.0. The number of anilines is 1. The van der Waals surface area contributed by atoms with Crippen LogP contribution in [0.3, 0.4) is 0 Å². The molecule has 3 N–H and O–H groups in total. The van der Waals surface area contributed by atoms with E-state index in [0.29, 0.717) is 29.9 Å². The molecule has 0 saturated carbocycles. The molecule has 0 amide bonds. The second-order valence-corrected chi connectivity index (χ2v) is 9.71. The number of hydrogen-bond donors (Lipinski definition) is 2. The molecule has 1 fully saturated rings. The minimum atomic E-state index is -3.75. The molecule has 9 heteroatoms. The van der Waals surface area contributed by atoms with Crippen LogP contribution in [0.1, 0.15) is 13.8 Å². The topological polar surface area (TPSA) is 101 Å². The van der Waals surface area contributed by atoms with Crippen LogP contribution in [0.5, 0.6) is 0 Å². The maximum Gasteiger partial charge on any atom is 0.243 e. The molecule has 1 aliphatic heterocycles. The van der Waals surface area contributed by atoms with Crippen LogP contribution >= 0.6 is 0 Å². The molecule has 1 aromatic heterocycles. The molecule has 4 rings (SSSR count). The zero-order valence-electron chi connectivity index (χ0n) is 17.3. The van der Waals surface area contributed by atoms with Gasteiger partial charge >= 0.3 is 0 Å². The predicted octanol–water partition coefficient (Wildman–Crippen LogP) is 2.90. The van der Waals surface area contributed by atoms with E-state index in [2.05, 4.69) is 15.3 Å². The molecule has 2 unspecified atom stereocenters. The third-order valence-electron chi connectivity index (χ3n) is 5.26. The lowest BCUT2D eigenvalue weighted by Crippen LogP contribution is -2.55. The van der Waals surface area contributed by atoms with Crippen molar-refractivity contribution in [3.05, 3.63) is 60.7 Å². The summed E-state index contributed by atoms with van der Waals surface area (Å²) in [6.07, 6.45) is 2.76. The monoisotopic (exact) mass is 441 g/mol. The van der Waals surface area contributed by atoms with Crippen molar-refractivity contribution in [2.75, 3.05) is 18.8 Å². The summed E-state index contributed by atoms with van der Waals surface area (Å²) >= 11 is 0. The zero-order chi connectivity index (χ0) is 22.2. The first-order valence-electron chi connectivity index (χ1n) is 9.99. The van der Waals surface area contributed by atoms with Gasteiger partial charge in [-0.25, -0.2) is 17.8 Å². The highest BCUT2D eigenvalue weighted by Crippen LogP contribution is 2.33. The van der Waals surface area contributed by atoms with E-state index in [1.807, 2.05) is 13.8 Å². The van der Waals surface area contributed by atoms with Crippen LogP contribution < -0.4 is 11.1 Å². The number of nitrogens with zero attached hydrogens (tertiary/aromatic N) is 3. The number of sulfonamides is 1. The Morgan fingerprint density at radius 2 is 1.74 bits per heavy atom. The fourth-order valence-electron chi connectivity index (χ4n) is 3.91. The van der Waals surface area contributed by atoms with E-state index in [0.717, 1.165) is 0 Å². The van der Waals surface area contributed by atoms with Gasteiger partial charge in [0.25, 0.3) is 0 Å². The van der Waals surface area contributed by atoms with Crippen molar-refractivity contribution in [1.29, 1.82) is 0 Å². The van der Waals surface area contributed by atoms with Crippen molar-refractivity contribution in [1.82, 2.24) is 19.6 Å². The number of piperazine rings is 1. The first-order valence-corrected chi connectivity index (χ1v) is 11.4.